The normalized spacial score (nSPS) is 11.2. The summed E-state index contributed by atoms with van der Waals surface area (Å²) in [6, 6.07) is 12.4. The maximum absolute atomic E-state index is 12.2. The first kappa shape index (κ1) is 19.1. The van der Waals surface area contributed by atoms with Gasteiger partial charge in [0.05, 0.1) is 31.9 Å². The summed E-state index contributed by atoms with van der Waals surface area (Å²) >= 11 is 0. The van der Waals surface area contributed by atoms with E-state index in [0.717, 1.165) is 16.9 Å². The average molecular weight is 354 g/mol. The van der Waals surface area contributed by atoms with Gasteiger partial charge in [0, 0.05) is 11.6 Å². The third-order valence-electron chi connectivity index (χ3n) is 3.88. The molecular formula is C20H22N2O4. The van der Waals surface area contributed by atoms with Gasteiger partial charge in [0.1, 0.15) is 5.75 Å². The number of amides is 1. The minimum absolute atomic E-state index is 0.166. The molecule has 0 fully saturated rings. The number of nitrogens with zero attached hydrogens (tertiary/aromatic N) is 1. The summed E-state index contributed by atoms with van der Waals surface area (Å²) < 4.78 is 16.1. The number of rotatable bonds is 7. The van der Waals surface area contributed by atoms with Gasteiger partial charge < -0.3 is 19.5 Å². The molecule has 6 nitrogen and oxygen atoms in total. The Balaban J connectivity index is 2.01. The van der Waals surface area contributed by atoms with Crippen molar-refractivity contribution in [3.63, 3.8) is 0 Å². The van der Waals surface area contributed by atoms with E-state index in [0.29, 0.717) is 17.1 Å². The number of benzene rings is 2. The van der Waals surface area contributed by atoms with Crippen LogP contribution in [-0.4, -0.2) is 26.7 Å². The van der Waals surface area contributed by atoms with Crippen molar-refractivity contribution in [2.75, 3.05) is 20.8 Å². The highest BCUT2D eigenvalue weighted by Gasteiger charge is 2.15. The van der Waals surface area contributed by atoms with E-state index in [-0.39, 0.29) is 18.6 Å². The van der Waals surface area contributed by atoms with Crippen LogP contribution in [0.4, 0.5) is 0 Å². The largest absolute Gasteiger partial charge is 0.496 e. The zero-order valence-corrected chi connectivity index (χ0v) is 15.3. The van der Waals surface area contributed by atoms with Crippen LogP contribution in [0.15, 0.2) is 36.4 Å². The first-order valence-electron chi connectivity index (χ1n) is 8.13. The molecule has 1 amide bonds. The molecule has 2 aromatic rings. The number of aryl methyl sites for hydroxylation is 1. The average Bonchev–Trinajstić information content (AvgIpc) is 2.66. The van der Waals surface area contributed by atoms with Crippen LogP contribution < -0.4 is 19.5 Å². The van der Waals surface area contributed by atoms with Crippen LogP contribution in [0, 0.1) is 18.3 Å². The van der Waals surface area contributed by atoms with Crippen LogP contribution in [0.1, 0.15) is 29.7 Å². The van der Waals surface area contributed by atoms with Crippen molar-refractivity contribution < 1.29 is 19.0 Å². The molecule has 0 saturated heterocycles. The molecule has 0 radical (unpaired) electrons. The number of hydrogen-bond donors (Lipinski definition) is 1. The Hall–Kier alpha value is -3.20. The monoisotopic (exact) mass is 354 g/mol. The van der Waals surface area contributed by atoms with Gasteiger partial charge in [-0.25, -0.2) is 0 Å². The Morgan fingerprint density at radius 2 is 1.81 bits per heavy atom. The number of hydrogen-bond acceptors (Lipinski definition) is 5. The molecule has 0 bridgehead atoms. The third kappa shape index (κ3) is 4.67. The van der Waals surface area contributed by atoms with Crippen LogP contribution in [-0.2, 0) is 4.79 Å². The Morgan fingerprint density at radius 3 is 2.46 bits per heavy atom. The number of carbonyl (C=O) groups excluding carboxylic acids is 1. The molecule has 0 spiro atoms. The van der Waals surface area contributed by atoms with Crippen molar-refractivity contribution in [3.8, 4) is 23.3 Å². The summed E-state index contributed by atoms with van der Waals surface area (Å²) in [6.07, 6.45) is 0. The summed E-state index contributed by atoms with van der Waals surface area (Å²) in [6.45, 7) is 3.70. The van der Waals surface area contributed by atoms with E-state index < -0.39 is 0 Å². The highest BCUT2D eigenvalue weighted by atomic mass is 16.5. The first-order chi connectivity index (χ1) is 12.5. The molecule has 0 aromatic heterocycles. The van der Waals surface area contributed by atoms with E-state index in [1.165, 1.54) is 7.11 Å². The van der Waals surface area contributed by atoms with Gasteiger partial charge in [-0.2, -0.15) is 5.26 Å². The molecule has 2 rings (SSSR count). The molecule has 136 valence electrons. The van der Waals surface area contributed by atoms with Gasteiger partial charge in [-0.15, -0.1) is 0 Å². The SMILES string of the molecule is COc1cc(C#N)ccc1OCC(=O)NC(C)c1cc(C)ccc1OC. The zero-order valence-electron chi connectivity index (χ0n) is 15.3. The van der Waals surface area contributed by atoms with Crippen molar-refractivity contribution in [2.45, 2.75) is 19.9 Å². The van der Waals surface area contributed by atoms with Crippen molar-refractivity contribution in [2.24, 2.45) is 0 Å². The lowest BCUT2D eigenvalue weighted by Crippen LogP contribution is -2.31. The Bertz CT molecular complexity index is 827. The lowest BCUT2D eigenvalue weighted by molar-refractivity contribution is -0.123. The lowest BCUT2D eigenvalue weighted by Gasteiger charge is -2.18. The van der Waals surface area contributed by atoms with Gasteiger partial charge in [-0.3, -0.25) is 4.79 Å². The smallest absolute Gasteiger partial charge is 0.258 e. The lowest BCUT2D eigenvalue weighted by atomic mass is 10.0. The van der Waals surface area contributed by atoms with Gasteiger partial charge in [-0.1, -0.05) is 17.7 Å². The predicted molar refractivity (Wildman–Crippen MR) is 97.5 cm³/mol. The second kappa shape index (κ2) is 8.77. The fraction of sp³-hybridized carbons (Fsp3) is 0.300. The van der Waals surface area contributed by atoms with Gasteiger partial charge in [0.25, 0.3) is 5.91 Å². The Kier molecular flexibility index (Phi) is 6.45. The third-order valence-corrected chi connectivity index (χ3v) is 3.88. The van der Waals surface area contributed by atoms with E-state index >= 15 is 0 Å². The minimum Gasteiger partial charge on any atom is -0.496 e. The Morgan fingerprint density at radius 1 is 1.12 bits per heavy atom. The topological polar surface area (TPSA) is 80.6 Å². The first-order valence-corrected chi connectivity index (χ1v) is 8.13. The van der Waals surface area contributed by atoms with E-state index in [9.17, 15) is 4.79 Å². The summed E-state index contributed by atoms with van der Waals surface area (Å²) in [7, 11) is 3.08. The van der Waals surface area contributed by atoms with Gasteiger partial charge in [0.15, 0.2) is 18.1 Å². The summed E-state index contributed by atoms with van der Waals surface area (Å²) in [5.41, 5.74) is 2.44. The highest BCUT2D eigenvalue weighted by Crippen LogP contribution is 2.28. The number of nitriles is 1. The number of carbonyl (C=O) groups is 1. The van der Waals surface area contributed by atoms with Crippen LogP contribution in [0.25, 0.3) is 0 Å². The summed E-state index contributed by atoms with van der Waals surface area (Å²) in [4.78, 5) is 12.2. The zero-order chi connectivity index (χ0) is 19.1. The van der Waals surface area contributed by atoms with Crippen molar-refractivity contribution in [1.29, 1.82) is 5.26 Å². The second-order valence-electron chi connectivity index (χ2n) is 5.80. The van der Waals surface area contributed by atoms with Crippen molar-refractivity contribution in [3.05, 3.63) is 53.1 Å². The molecule has 0 saturated carbocycles. The number of methoxy groups -OCH3 is 2. The molecule has 1 unspecified atom stereocenters. The van der Waals surface area contributed by atoms with E-state index in [2.05, 4.69) is 5.32 Å². The quantitative estimate of drug-likeness (QED) is 0.826. The highest BCUT2D eigenvalue weighted by molar-refractivity contribution is 5.78. The molecule has 2 aromatic carbocycles. The number of ether oxygens (including phenoxy) is 3. The van der Waals surface area contributed by atoms with Crippen molar-refractivity contribution in [1.82, 2.24) is 5.32 Å². The summed E-state index contributed by atoms with van der Waals surface area (Å²) in [5, 5.41) is 11.8. The fourth-order valence-corrected chi connectivity index (χ4v) is 2.55. The maximum atomic E-state index is 12.2. The molecule has 1 N–H and O–H groups in total. The van der Waals surface area contributed by atoms with Crippen LogP contribution in [0.5, 0.6) is 17.2 Å². The van der Waals surface area contributed by atoms with Crippen molar-refractivity contribution >= 4 is 5.91 Å². The Labute approximate surface area is 153 Å². The standard InChI is InChI=1S/C20H22N2O4/c1-13-5-7-17(24-3)16(9-13)14(2)22-20(23)12-26-18-8-6-15(11-21)10-19(18)25-4/h5-10,14H,12H2,1-4H3,(H,22,23). The molecular weight excluding hydrogens is 332 g/mol. The molecule has 0 aliphatic heterocycles. The van der Waals surface area contributed by atoms with E-state index in [1.54, 1.807) is 25.3 Å². The summed E-state index contributed by atoms with van der Waals surface area (Å²) in [5.74, 6) is 1.26. The van der Waals surface area contributed by atoms with Crippen LogP contribution in [0.2, 0.25) is 0 Å². The van der Waals surface area contributed by atoms with Gasteiger partial charge >= 0.3 is 0 Å². The molecule has 1 atom stereocenters. The second-order valence-corrected chi connectivity index (χ2v) is 5.80. The maximum Gasteiger partial charge on any atom is 0.258 e. The predicted octanol–water partition coefficient (Wildman–Crippen LogP) is 3.14. The van der Waals surface area contributed by atoms with Crippen LogP contribution in [0.3, 0.4) is 0 Å². The van der Waals surface area contributed by atoms with Gasteiger partial charge in [0.2, 0.25) is 0 Å². The molecule has 0 aliphatic carbocycles. The van der Waals surface area contributed by atoms with Gasteiger partial charge in [-0.05, 0) is 32.0 Å². The molecule has 0 heterocycles. The minimum atomic E-state index is -0.271. The van der Waals surface area contributed by atoms with E-state index in [1.807, 2.05) is 38.1 Å². The molecule has 0 aliphatic rings. The fourth-order valence-electron chi connectivity index (χ4n) is 2.55. The van der Waals surface area contributed by atoms with E-state index in [4.69, 9.17) is 19.5 Å². The number of nitrogens with one attached hydrogen (secondary N) is 1. The molecule has 6 heteroatoms. The van der Waals surface area contributed by atoms with Crippen LogP contribution >= 0.6 is 0 Å². The molecule has 26 heavy (non-hydrogen) atoms.